The summed E-state index contributed by atoms with van der Waals surface area (Å²) in [7, 11) is 0. The Morgan fingerprint density at radius 2 is 2.05 bits per heavy atom. The van der Waals surface area contributed by atoms with E-state index in [1.807, 2.05) is 0 Å². The van der Waals surface area contributed by atoms with E-state index in [2.05, 4.69) is 15.5 Å². The van der Waals surface area contributed by atoms with Gasteiger partial charge in [-0.3, -0.25) is 9.89 Å². The Bertz CT molecular complexity index is 625. The maximum atomic E-state index is 12.0. The van der Waals surface area contributed by atoms with E-state index in [-0.39, 0.29) is 5.91 Å². The Hall–Kier alpha value is -2.70. The lowest BCUT2D eigenvalue weighted by molar-refractivity contribution is 0.102. The van der Waals surface area contributed by atoms with Crippen LogP contribution in [0.2, 0.25) is 0 Å². The van der Waals surface area contributed by atoms with Gasteiger partial charge in [-0.1, -0.05) is 0 Å². The highest BCUT2D eigenvalue weighted by molar-refractivity contribution is 6.05. The maximum Gasteiger partial charge on any atom is 0.258 e. The molecule has 104 valence electrons. The first-order chi connectivity index (χ1) is 9.74. The lowest BCUT2D eigenvalue weighted by Crippen LogP contribution is -2.12. The predicted molar refractivity (Wildman–Crippen MR) is 73.0 cm³/mol. The fourth-order valence-corrected chi connectivity index (χ4v) is 1.90. The van der Waals surface area contributed by atoms with Crippen molar-refractivity contribution in [2.75, 3.05) is 24.3 Å². The first-order valence-corrected chi connectivity index (χ1v) is 6.23. The molecule has 4 N–H and O–H groups in total. The standard InChI is InChI=1S/C13H14N4O3/c14-9-4-11-12(20-3-1-2-19-11)5-10(9)17-13(18)8-6-15-16-7-8/h4-7H,1-3,14H2,(H,15,16)(H,17,18). The summed E-state index contributed by atoms with van der Waals surface area (Å²) < 4.78 is 11.1. The summed E-state index contributed by atoms with van der Waals surface area (Å²) >= 11 is 0. The summed E-state index contributed by atoms with van der Waals surface area (Å²) in [6.45, 7) is 1.17. The monoisotopic (exact) mass is 274 g/mol. The topological polar surface area (TPSA) is 102 Å². The number of benzene rings is 1. The van der Waals surface area contributed by atoms with Crippen molar-refractivity contribution < 1.29 is 14.3 Å². The summed E-state index contributed by atoms with van der Waals surface area (Å²) in [6, 6.07) is 3.33. The molecular formula is C13H14N4O3. The molecule has 0 saturated heterocycles. The number of carbonyl (C=O) groups excluding carboxylic acids is 1. The number of amides is 1. The minimum atomic E-state index is -0.292. The number of rotatable bonds is 2. The van der Waals surface area contributed by atoms with E-state index in [4.69, 9.17) is 15.2 Å². The Labute approximate surface area is 115 Å². The zero-order chi connectivity index (χ0) is 13.9. The molecule has 0 radical (unpaired) electrons. The van der Waals surface area contributed by atoms with E-state index < -0.39 is 0 Å². The quantitative estimate of drug-likeness (QED) is 0.718. The summed E-state index contributed by atoms with van der Waals surface area (Å²) in [6.07, 6.45) is 3.76. The first-order valence-electron chi connectivity index (χ1n) is 6.23. The molecule has 0 fully saturated rings. The Morgan fingerprint density at radius 1 is 1.30 bits per heavy atom. The molecule has 1 aromatic carbocycles. The zero-order valence-electron chi connectivity index (χ0n) is 10.7. The maximum absolute atomic E-state index is 12.0. The molecule has 1 aliphatic heterocycles. The van der Waals surface area contributed by atoms with Gasteiger partial charge < -0.3 is 20.5 Å². The molecular weight excluding hydrogens is 260 g/mol. The largest absolute Gasteiger partial charge is 0.489 e. The molecule has 0 spiro atoms. The van der Waals surface area contributed by atoms with Crippen molar-refractivity contribution in [2.45, 2.75) is 6.42 Å². The van der Waals surface area contributed by atoms with Crippen LogP contribution in [0.15, 0.2) is 24.5 Å². The average Bonchev–Trinajstić information content (AvgIpc) is 2.88. The van der Waals surface area contributed by atoms with Crippen LogP contribution in [0.4, 0.5) is 11.4 Å². The van der Waals surface area contributed by atoms with E-state index in [0.717, 1.165) is 6.42 Å². The van der Waals surface area contributed by atoms with Gasteiger partial charge in [0.1, 0.15) is 0 Å². The Balaban J connectivity index is 1.86. The van der Waals surface area contributed by atoms with E-state index in [9.17, 15) is 4.79 Å². The molecule has 0 saturated carbocycles. The number of fused-ring (bicyclic) bond motifs is 1. The third-order valence-electron chi connectivity index (χ3n) is 2.93. The number of ether oxygens (including phenoxy) is 2. The molecule has 0 atom stereocenters. The highest BCUT2D eigenvalue weighted by Crippen LogP contribution is 2.36. The summed E-state index contributed by atoms with van der Waals surface area (Å²) in [5.41, 5.74) is 7.26. The number of hydrogen-bond donors (Lipinski definition) is 3. The number of anilines is 2. The van der Waals surface area contributed by atoms with Crippen molar-refractivity contribution in [1.29, 1.82) is 0 Å². The van der Waals surface area contributed by atoms with Gasteiger partial charge in [0.05, 0.1) is 36.3 Å². The normalized spacial score (nSPS) is 13.6. The van der Waals surface area contributed by atoms with Crippen molar-refractivity contribution in [3.05, 3.63) is 30.1 Å². The van der Waals surface area contributed by atoms with E-state index in [1.54, 1.807) is 12.1 Å². The van der Waals surface area contributed by atoms with Gasteiger partial charge in [0.2, 0.25) is 0 Å². The van der Waals surface area contributed by atoms with Crippen LogP contribution in [-0.2, 0) is 0 Å². The SMILES string of the molecule is Nc1cc2c(cc1NC(=O)c1cn[nH]c1)OCCCO2. The summed E-state index contributed by atoms with van der Waals surface area (Å²) in [4.78, 5) is 12.0. The van der Waals surface area contributed by atoms with Crippen LogP contribution >= 0.6 is 0 Å². The van der Waals surface area contributed by atoms with Crippen molar-refractivity contribution in [1.82, 2.24) is 10.2 Å². The number of carbonyl (C=O) groups is 1. The van der Waals surface area contributed by atoms with E-state index in [0.29, 0.717) is 41.7 Å². The molecule has 2 heterocycles. The van der Waals surface area contributed by atoms with Crippen LogP contribution in [0.5, 0.6) is 11.5 Å². The molecule has 0 aliphatic carbocycles. The van der Waals surface area contributed by atoms with Crippen LogP contribution in [0.3, 0.4) is 0 Å². The number of aromatic amines is 1. The second-order valence-electron chi connectivity index (χ2n) is 4.38. The molecule has 3 rings (SSSR count). The highest BCUT2D eigenvalue weighted by Gasteiger charge is 2.16. The third-order valence-corrected chi connectivity index (χ3v) is 2.93. The zero-order valence-corrected chi connectivity index (χ0v) is 10.7. The second kappa shape index (κ2) is 5.12. The summed E-state index contributed by atoms with van der Waals surface area (Å²) in [5.74, 6) is 0.889. The predicted octanol–water partition coefficient (Wildman–Crippen LogP) is 1.41. The lowest BCUT2D eigenvalue weighted by Gasteiger charge is -2.12. The minimum Gasteiger partial charge on any atom is -0.489 e. The number of aromatic nitrogens is 2. The molecule has 7 nitrogen and oxygen atoms in total. The van der Waals surface area contributed by atoms with Crippen molar-refractivity contribution >= 4 is 17.3 Å². The van der Waals surface area contributed by atoms with Crippen molar-refractivity contribution in [3.8, 4) is 11.5 Å². The second-order valence-corrected chi connectivity index (χ2v) is 4.38. The minimum absolute atomic E-state index is 0.292. The van der Waals surface area contributed by atoms with Gasteiger partial charge in [0, 0.05) is 24.8 Å². The summed E-state index contributed by atoms with van der Waals surface area (Å²) in [5, 5.41) is 9.03. The number of nitrogens with one attached hydrogen (secondary N) is 2. The molecule has 1 aliphatic rings. The van der Waals surface area contributed by atoms with Gasteiger partial charge in [-0.05, 0) is 0 Å². The molecule has 0 unspecified atom stereocenters. The third kappa shape index (κ3) is 2.37. The van der Waals surface area contributed by atoms with Crippen LogP contribution < -0.4 is 20.5 Å². The Kier molecular flexibility index (Phi) is 3.16. The van der Waals surface area contributed by atoms with Crippen molar-refractivity contribution in [3.63, 3.8) is 0 Å². The van der Waals surface area contributed by atoms with Gasteiger partial charge in [-0.15, -0.1) is 0 Å². The van der Waals surface area contributed by atoms with Gasteiger partial charge in [0.25, 0.3) is 5.91 Å². The van der Waals surface area contributed by atoms with Gasteiger partial charge in [0.15, 0.2) is 11.5 Å². The number of nitrogen functional groups attached to an aromatic ring is 1. The fourth-order valence-electron chi connectivity index (χ4n) is 1.90. The fraction of sp³-hybridized carbons (Fsp3) is 0.231. The number of nitrogens with two attached hydrogens (primary N) is 1. The molecule has 20 heavy (non-hydrogen) atoms. The van der Waals surface area contributed by atoms with E-state index in [1.165, 1.54) is 12.4 Å². The van der Waals surface area contributed by atoms with Crippen molar-refractivity contribution in [2.24, 2.45) is 0 Å². The molecule has 7 heteroatoms. The van der Waals surface area contributed by atoms with Gasteiger partial charge in [-0.25, -0.2) is 0 Å². The Morgan fingerprint density at radius 3 is 2.75 bits per heavy atom. The number of nitrogens with zero attached hydrogens (tertiary/aromatic N) is 1. The van der Waals surface area contributed by atoms with Gasteiger partial charge >= 0.3 is 0 Å². The smallest absolute Gasteiger partial charge is 0.258 e. The van der Waals surface area contributed by atoms with Crippen LogP contribution in [0.25, 0.3) is 0 Å². The molecule has 1 amide bonds. The van der Waals surface area contributed by atoms with Crippen LogP contribution in [0.1, 0.15) is 16.8 Å². The molecule has 2 aromatic rings. The van der Waals surface area contributed by atoms with E-state index >= 15 is 0 Å². The first kappa shape index (κ1) is 12.3. The van der Waals surface area contributed by atoms with Crippen LogP contribution in [-0.4, -0.2) is 29.3 Å². The number of H-pyrrole nitrogens is 1. The number of hydrogen-bond acceptors (Lipinski definition) is 5. The highest BCUT2D eigenvalue weighted by atomic mass is 16.5. The average molecular weight is 274 g/mol. The van der Waals surface area contributed by atoms with Crippen LogP contribution in [0, 0.1) is 0 Å². The lowest BCUT2D eigenvalue weighted by atomic mass is 10.2. The van der Waals surface area contributed by atoms with Gasteiger partial charge in [-0.2, -0.15) is 5.10 Å². The molecule has 0 bridgehead atoms. The molecule has 1 aromatic heterocycles.